The second-order valence-electron chi connectivity index (χ2n) is 24.0. The number of hydrogen-bond acceptors (Lipinski definition) is 18. The quantitative estimate of drug-likeness (QED) is 0.0114. The smallest absolute Gasteiger partial charge is 0.321 e. The number of phenolic OH excluding ortho intramolecular Hbond substituents is 1. The first-order chi connectivity index (χ1) is 48.2. The summed E-state index contributed by atoms with van der Waals surface area (Å²) >= 11 is 0. The molecule has 0 radical (unpaired) electrons. The molecule has 1 heterocycles. The number of guanidine groups is 2. The number of urea groups is 1. The Balaban J connectivity index is 1.16. The molecule has 1 aliphatic heterocycles. The molecule has 538 valence electrons. The van der Waals surface area contributed by atoms with E-state index in [0.717, 1.165) is 16.7 Å². The van der Waals surface area contributed by atoms with Crippen molar-refractivity contribution in [1.82, 2.24) is 56.8 Å². The normalized spacial score (nSPS) is 15.1. The van der Waals surface area contributed by atoms with E-state index in [0.29, 0.717) is 54.6 Å². The summed E-state index contributed by atoms with van der Waals surface area (Å²) in [5, 5.41) is 62.5. The Morgan fingerprint density at radius 1 is 0.530 bits per heavy atom. The van der Waals surface area contributed by atoms with Crippen LogP contribution in [0.15, 0.2) is 143 Å². The molecular formula is C70H95N17O13. The van der Waals surface area contributed by atoms with Gasteiger partial charge in [-0.2, -0.15) is 0 Å². The van der Waals surface area contributed by atoms with Crippen molar-refractivity contribution in [2.45, 2.75) is 82.2 Å². The number of rotatable bonds is 37. The summed E-state index contributed by atoms with van der Waals surface area (Å²) in [5.41, 5.74) is 22.5. The highest BCUT2D eigenvalue weighted by atomic mass is 16.4. The molecule has 0 saturated carbocycles. The van der Waals surface area contributed by atoms with E-state index in [1.165, 1.54) is 12.1 Å². The van der Waals surface area contributed by atoms with Crippen LogP contribution in [0.4, 0.5) is 10.5 Å². The van der Waals surface area contributed by atoms with Crippen molar-refractivity contribution < 1.29 is 63.6 Å². The standard InChI is InChI=1S/C70H95N17O13/c1-2-74-70(100)83-69(73)78-31-10-17-57(65(97)79-43-49-20-28-55(89)29-21-49)82-67(99)63(52-14-7-4-8-15-52)53-24-26-54(27-25-53)75-32-11-33-76-64(96)56(16-9-30-77-68(71)72)81-66(98)58(42-48-18-22-51(23-19-48)50-12-5-3-6-13-50)80-59(47-88)87-40-38-85(45-61(92)93)36-34-84(44-60(90)91)35-37-86(39-41-87)46-62(94)95/h3-8,12-15,18-29,47,56-59,63,75,80,89H,2,9-11,16-17,30-46H2,1H3,(H,76,96)(H,79,97)(H,81,98)(H,82,99)(H,90,91)(H,92,93)(H,94,95)(H4,71,72,77)(H4,73,74,78,83,100)/t56-,57-,58-,59?,63?/m1/s1. The highest BCUT2D eigenvalue weighted by molar-refractivity contribution is 5.95. The molecule has 2 unspecified atom stereocenters. The summed E-state index contributed by atoms with van der Waals surface area (Å²) in [6, 6.07) is 36.1. The van der Waals surface area contributed by atoms with Crippen LogP contribution in [0.3, 0.4) is 0 Å². The maximum atomic E-state index is 14.9. The lowest BCUT2D eigenvalue weighted by Gasteiger charge is -2.36. The molecule has 6 rings (SSSR count). The van der Waals surface area contributed by atoms with Gasteiger partial charge in [0.25, 0.3) is 0 Å². The number of benzene rings is 5. The average Bonchev–Trinajstić information content (AvgIpc) is 0.819. The minimum absolute atomic E-state index is 0.0300. The van der Waals surface area contributed by atoms with Crippen LogP contribution in [0.1, 0.15) is 67.2 Å². The number of carboxylic acids is 3. The van der Waals surface area contributed by atoms with Crippen molar-refractivity contribution in [1.29, 1.82) is 0 Å². The maximum Gasteiger partial charge on any atom is 0.321 e. The monoisotopic (exact) mass is 1380 g/mol. The van der Waals surface area contributed by atoms with Gasteiger partial charge in [0, 0.05) is 97.3 Å². The minimum Gasteiger partial charge on any atom is -0.508 e. The number of nitrogens with zero attached hydrogens (tertiary/aromatic N) is 6. The fourth-order valence-electron chi connectivity index (χ4n) is 11.2. The number of aromatic hydroxyl groups is 1. The number of nitrogens with one attached hydrogen (secondary N) is 8. The summed E-state index contributed by atoms with van der Waals surface area (Å²) in [5.74, 6) is -6.42. The highest BCUT2D eigenvalue weighted by Gasteiger charge is 2.32. The van der Waals surface area contributed by atoms with Crippen molar-refractivity contribution in [2.75, 3.05) is 110 Å². The van der Waals surface area contributed by atoms with Gasteiger partial charge in [-0.3, -0.25) is 73.8 Å². The molecule has 30 heteroatoms. The topological polar surface area (TPSA) is 447 Å². The molecule has 1 saturated heterocycles. The summed E-state index contributed by atoms with van der Waals surface area (Å²) in [6.07, 6.45) is 0.727. The molecule has 100 heavy (non-hydrogen) atoms. The number of anilines is 1. The number of hydrogen-bond donors (Lipinski definition) is 15. The van der Waals surface area contributed by atoms with Crippen molar-refractivity contribution >= 4 is 71.5 Å². The number of phenols is 1. The second-order valence-corrected chi connectivity index (χ2v) is 24.0. The molecule has 6 amide bonds. The number of carboxylic acid groups (broad SMARTS) is 3. The highest BCUT2D eigenvalue weighted by Crippen LogP contribution is 2.27. The third kappa shape index (κ3) is 28.5. The van der Waals surface area contributed by atoms with Gasteiger partial charge in [0.05, 0.1) is 31.6 Å². The third-order valence-electron chi connectivity index (χ3n) is 16.4. The van der Waals surface area contributed by atoms with E-state index < -0.39 is 90.9 Å². The van der Waals surface area contributed by atoms with E-state index in [2.05, 4.69) is 52.5 Å². The molecule has 0 bridgehead atoms. The lowest BCUT2D eigenvalue weighted by Crippen LogP contribution is -2.60. The van der Waals surface area contributed by atoms with Gasteiger partial charge in [-0.05, 0) is 103 Å². The summed E-state index contributed by atoms with van der Waals surface area (Å²) in [7, 11) is 0. The largest absolute Gasteiger partial charge is 0.508 e. The summed E-state index contributed by atoms with van der Waals surface area (Å²) < 4.78 is 0. The van der Waals surface area contributed by atoms with Crippen LogP contribution in [-0.4, -0.2) is 235 Å². The van der Waals surface area contributed by atoms with Crippen molar-refractivity contribution in [2.24, 2.45) is 27.2 Å². The number of aldehydes is 1. The number of amides is 6. The Morgan fingerprint density at radius 3 is 1.57 bits per heavy atom. The zero-order valence-electron chi connectivity index (χ0n) is 56.3. The molecule has 5 aromatic carbocycles. The van der Waals surface area contributed by atoms with Crippen LogP contribution >= 0.6 is 0 Å². The Bertz CT molecular complexity index is 3450. The van der Waals surface area contributed by atoms with Crippen LogP contribution in [0.5, 0.6) is 5.75 Å². The first-order valence-electron chi connectivity index (χ1n) is 33.3. The van der Waals surface area contributed by atoms with Crippen LogP contribution < -0.4 is 59.7 Å². The molecule has 0 spiro atoms. The maximum absolute atomic E-state index is 14.9. The Hall–Kier alpha value is -10.5. The molecule has 5 aromatic rings. The van der Waals surface area contributed by atoms with Gasteiger partial charge in [-0.1, -0.05) is 109 Å². The van der Waals surface area contributed by atoms with Crippen molar-refractivity contribution in [3.63, 3.8) is 0 Å². The fraction of sp³-hybridized carbons (Fsp3) is 0.414. The van der Waals surface area contributed by atoms with Crippen molar-refractivity contribution in [3.8, 4) is 16.9 Å². The number of nitrogens with two attached hydrogens (primary N) is 3. The third-order valence-corrected chi connectivity index (χ3v) is 16.4. The zero-order valence-corrected chi connectivity index (χ0v) is 56.3. The molecule has 5 atom stereocenters. The molecule has 30 nitrogen and oxygen atoms in total. The van der Waals surface area contributed by atoms with Crippen molar-refractivity contribution in [3.05, 3.63) is 156 Å². The first-order valence-corrected chi connectivity index (χ1v) is 33.3. The van der Waals surface area contributed by atoms with Crippen LogP contribution in [0, 0.1) is 0 Å². The number of carbonyl (C=O) groups excluding carboxylic acids is 6. The lowest BCUT2D eigenvalue weighted by atomic mass is 9.90. The van der Waals surface area contributed by atoms with Gasteiger partial charge in [-0.25, -0.2) is 4.79 Å². The molecule has 0 aliphatic carbocycles. The predicted octanol–water partition coefficient (Wildman–Crippen LogP) is 1.06. The van der Waals surface area contributed by atoms with Crippen LogP contribution in [-0.2, 0) is 51.3 Å². The van der Waals surface area contributed by atoms with Gasteiger partial charge < -0.3 is 74.3 Å². The first kappa shape index (κ1) is 78.5. The molecule has 18 N–H and O–H groups in total. The molecule has 0 aromatic heterocycles. The van der Waals surface area contributed by atoms with Gasteiger partial charge >= 0.3 is 23.9 Å². The lowest BCUT2D eigenvalue weighted by molar-refractivity contribution is -0.140. The molecule has 1 fully saturated rings. The second kappa shape index (κ2) is 42.3. The van der Waals surface area contributed by atoms with E-state index in [1.807, 2.05) is 97.1 Å². The summed E-state index contributed by atoms with van der Waals surface area (Å²) in [4.78, 5) is 134. The van der Waals surface area contributed by atoms with Crippen LogP contribution in [0.2, 0.25) is 0 Å². The Labute approximate surface area is 581 Å². The number of aliphatic carboxylic acids is 3. The predicted molar refractivity (Wildman–Crippen MR) is 379 cm³/mol. The fourth-order valence-corrected chi connectivity index (χ4v) is 11.2. The Kier molecular flexibility index (Phi) is 33.2. The minimum atomic E-state index is -1.20. The SMILES string of the molecule is CCNC(=O)NC(N)=NCCC[C@@H](NC(=O)C(c1ccccc1)c1ccc(NCCCNC(=O)[C@@H](CCCN=C(N)N)NC(=O)[C@@H](Cc2ccc(-c3ccccc3)cc2)NC(C=O)N2CCN(CC(=O)O)CCN(CC(=O)O)CCN(CC(=O)O)CC2)cc1)C(=O)NCc1ccc(O)cc1. The van der Waals surface area contributed by atoms with E-state index in [9.17, 15) is 63.6 Å². The van der Waals surface area contributed by atoms with Crippen LogP contribution in [0.25, 0.3) is 11.1 Å². The number of carbonyl (C=O) groups is 9. The van der Waals surface area contributed by atoms with Gasteiger partial charge in [-0.15, -0.1) is 0 Å². The van der Waals surface area contributed by atoms with Gasteiger partial charge in [0.1, 0.15) is 24.0 Å². The van der Waals surface area contributed by atoms with Gasteiger partial charge in [0.2, 0.25) is 23.6 Å². The zero-order chi connectivity index (χ0) is 72.2. The van der Waals surface area contributed by atoms with E-state index in [1.54, 1.807) is 50.8 Å². The average molecular weight is 1380 g/mol. The van der Waals surface area contributed by atoms with E-state index >= 15 is 0 Å². The summed E-state index contributed by atoms with van der Waals surface area (Å²) in [6.45, 7) is 2.92. The number of aliphatic imine (C=N–C) groups is 2. The van der Waals surface area contributed by atoms with E-state index in [-0.39, 0.29) is 128 Å². The van der Waals surface area contributed by atoms with Gasteiger partial charge in [0.15, 0.2) is 18.2 Å². The molecular weight excluding hydrogens is 1290 g/mol. The molecule has 1 aliphatic rings. The Morgan fingerprint density at radius 2 is 1.03 bits per heavy atom. The van der Waals surface area contributed by atoms with E-state index in [4.69, 9.17) is 17.2 Å².